The highest BCUT2D eigenvalue weighted by Crippen LogP contribution is 2.36. The third-order valence-corrected chi connectivity index (χ3v) is 5.18. The van der Waals surface area contributed by atoms with Gasteiger partial charge in [-0.1, -0.05) is 30.3 Å². The smallest absolute Gasteiger partial charge is 0.255 e. The molecule has 0 aliphatic carbocycles. The number of β-amino-alcohol motifs (C(OH)–C–C–N with tert-alkyl or cyclic N) is 1. The van der Waals surface area contributed by atoms with E-state index >= 15 is 0 Å². The molecule has 158 valence electrons. The average molecular weight is 423 g/mol. The summed E-state index contributed by atoms with van der Waals surface area (Å²) in [5.41, 5.74) is 0.264. The third-order valence-electron chi connectivity index (χ3n) is 5.18. The molecule has 3 rings (SSSR count). The summed E-state index contributed by atoms with van der Waals surface area (Å²) < 4.78 is 16.0. The largest absolute Gasteiger partial charge is 0.496 e. The molecule has 1 fully saturated rings. The molecule has 3 N–H and O–H groups in total. The Hall–Kier alpha value is -2.48. The Bertz CT molecular complexity index is 833. The first-order valence-corrected chi connectivity index (χ1v) is 9.12. The minimum absolute atomic E-state index is 0. The summed E-state index contributed by atoms with van der Waals surface area (Å²) >= 11 is 0. The number of amides is 1. The summed E-state index contributed by atoms with van der Waals surface area (Å²) in [5.74, 6) is 0.896. The second-order valence-corrected chi connectivity index (χ2v) is 6.67. The zero-order valence-corrected chi connectivity index (χ0v) is 17.5. The number of benzene rings is 2. The molecular formula is C21H27ClN2O5. The lowest BCUT2D eigenvalue weighted by atomic mass is 9.79. The quantitative estimate of drug-likeness (QED) is 0.660. The van der Waals surface area contributed by atoms with Crippen molar-refractivity contribution in [3.05, 3.63) is 53.6 Å². The van der Waals surface area contributed by atoms with Crippen molar-refractivity contribution < 1.29 is 24.1 Å². The normalized spacial score (nSPS) is 20.9. The van der Waals surface area contributed by atoms with Crippen LogP contribution in [0.1, 0.15) is 22.3 Å². The molecule has 8 heteroatoms. The summed E-state index contributed by atoms with van der Waals surface area (Å²) in [7, 11) is 4.52. The van der Waals surface area contributed by atoms with E-state index < -0.39 is 11.6 Å². The molecule has 1 aliphatic rings. The topological polar surface area (TPSA) is 89.1 Å². The Kier molecular flexibility index (Phi) is 7.73. The monoisotopic (exact) mass is 422 g/mol. The molecule has 1 saturated heterocycles. The molecule has 1 aliphatic heterocycles. The first-order chi connectivity index (χ1) is 13.6. The lowest BCUT2D eigenvalue weighted by Crippen LogP contribution is -2.61. The van der Waals surface area contributed by atoms with Gasteiger partial charge in [0.25, 0.3) is 5.91 Å². The van der Waals surface area contributed by atoms with Crippen LogP contribution in [0.2, 0.25) is 0 Å². The van der Waals surface area contributed by atoms with Crippen LogP contribution in [0, 0.1) is 0 Å². The Balaban J connectivity index is 0.00000300. The number of piperidine rings is 1. The second-order valence-electron chi connectivity index (χ2n) is 6.67. The SMILES string of the molecule is COc1cc(OC)c(C(=O)N[C@@]2(c3ccccc3)CCNC[C@H]2O)cc1OC.Cl. The number of hydrogen-bond acceptors (Lipinski definition) is 6. The number of hydrogen-bond donors (Lipinski definition) is 3. The number of methoxy groups -OCH3 is 3. The van der Waals surface area contributed by atoms with Gasteiger partial charge in [-0.3, -0.25) is 4.79 Å². The molecule has 0 aromatic heterocycles. The number of nitrogens with one attached hydrogen (secondary N) is 2. The molecule has 1 heterocycles. The van der Waals surface area contributed by atoms with Gasteiger partial charge in [-0.15, -0.1) is 12.4 Å². The van der Waals surface area contributed by atoms with Crippen LogP contribution in [-0.4, -0.2) is 51.5 Å². The van der Waals surface area contributed by atoms with E-state index in [1.54, 1.807) is 12.1 Å². The predicted octanol–water partition coefficient (Wildman–Crippen LogP) is 2.11. The van der Waals surface area contributed by atoms with Crippen molar-refractivity contribution in [3.63, 3.8) is 0 Å². The van der Waals surface area contributed by atoms with Gasteiger partial charge in [-0.2, -0.15) is 0 Å². The van der Waals surface area contributed by atoms with Crippen LogP contribution in [0.3, 0.4) is 0 Å². The Morgan fingerprint density at radius 2 is 1.69 bits per heavy atom. The van der Waals surface area contributed by atoms with E-state index in [2.05, 4.69) is 10.6 Å². The van der Waals surface area contributed by atoms with E-state index in [0.29, 0.717) is 42.3 Å². The van der Waals surface area contributed by atoms with Gasteiger partial charge in [0.2, 0.25) is 0 Å². The van der Waals surface area contributed by atoms with Crippen LogP contribution in [-0.2, 0) is 5.54 Å². The molecule has 0 bridgehead atoms. The Morgan fingerprint density at radius 3 is 2.28 bits per heavy atom. The van der Waals surface area contributed by atoms with Gasteiger partial charge in [0.1, 0.15) is 5.75 Å². The second kappa shape index (κ2) is 9.82. The number of halogens is 1. The zero-order valence-electron chi connectivity index (χ0n) is 16.7. The van der Waals surface area contributed by atoms with Crippen LogP contribution in [0.4, 0.5) is 0 Å². The number of aliphatic hydroxyl groups is 1. The Morgan fingerprint density at radius 1 is 1.07 bits per heavy atom. The van der Waals surface area contributed by atoms with E-state index in [-0.39, 0.29) is 18.3 Å². The molecule has 0 radical (unpaired) electrons. The van der Waals surface area contributed by atoms with Crippen LogP contribution >= 0.6 is 12.4 Å². The summed E-state index contributed by atoms with van der Waals surface area (Å²) in [6.07, 6.45) is -0.224. The highest BCUT2D eigenvalue weighted by Gasteiger charge is 2.43. The maximum atomic E-state index is 13.3. The first-order valence-electron chi connectivity index (χ1n) is 9.12. The van der Waals surface area contributed by atoms with Crippen molar-refractivity contribution in [2.45, 2.75) is 18.1 Å². The van der Waals surface area contributed by atoms with Crippen LogP contribution in [0.25, 0.3) is 0 Å². The molecule has 7 nitrogen and oxygen atoms in total. The van der Waals surface area contributed by atoms with Gasteiger partial charge < -0.3 is 30.0 Å². The fourth-order valence-corrected chi connectivity index (χ4v) is 3.63. The van der Waals surface area contributed by atoms with E-state index in [4.69, 9.17) is 14.2 Å². The van der Waals surface area contributed by atoms with Crippen molar-refractivity contribution in [1.29, 1.82) is 0 Å². The van der Waals surface area contributed by atoms with Gasteiger partial charge >= 0.3 is 0 Å². The van der Waals surface area contributed by atoms with Gasteiger partial charge in [0.05, 0.1) is 38.5 Å². The number of aliphatic hydroxyl groups excluding tert-OH is 1. The molecule has 0 unspecified atom stereocenters. The summed E-state index contributed by atoms with van der Waals surface area (Å²) in [6, 6.07) is 12.7. The number of ether oxygens (including phenoxy) is 3. The molecule has 2 aromatic carbocycles. The van der Waals surface area contributed by atoms with Gasteiger partial charge in [-0.05, 0) is 18.5 Å². The fraction of sp³-hybridized carbons (Fsp3) is 0.381. The Labute approximate surface area is 176 Å². The van der Waals surface area contributed by atoms with Crippen molar-refractivity contribution in [2.75, 3.05) is 34.4 Å². The first kappa shape index (κ1) is 22.8. The number of carbonyl (C=O) groups is 1. The summed E-state index contributed by atoms with van der Waals surface area (Å²) in [4.78, 5) is 13.3. The lowest BCUT2D eigenvalue weighted by Gasteiger charge is -2.43. The third kappa shape index (κ3) is 4.42. The van der Waals surface area contributed by atoms with E-state index in [9.17, 15) is 9.90 Å². The molecule has 1 amide bonds. The van der Waals surface area contributed by atoms with Crippen molar-refractivity contribution >= 4 is 18.3 Å². The highest BCUT2D eigenvalue weighted by molar-refractivity contribution is 5.98. The summed E-state index contributed by atoms with van der Waals surface area (Å²) in [6.45, 7) is 1.06. The molecule has 2 aromatic rings. The molecule has 2 atom stereocenters. The lowest BCUT2D eigenvalue weighted by molar-refractivity contribution is 0.0288. The van der Waals surface area contributed by atoms with E-state index in [0.717, 1.165) is 5.56 Å². The fourth-order valence-electron chi connectivity index (χ4n) is 3.63. The average Bonchev–Trinajstić information content (AvgIpc) is 2.74. The highest BCUT2D eigenvalue weighted by atomic mass is 35.5. The van der Waals surface area contributed by atoms with E-state index in [1.807, 2.05) is 30.3 Å². The van der Waals surface area contributed by atoms with Crippen molar-refractivity contribution in [3.8, 4) is 17.2 Å². The minimum Gasteiger partial charge on any atom is -0.496 e. The molecule has 0 spiro atoms. The zero-order chi connectivity index (χ0) is 20.1. The van der Waals surface area contributed by atoms with Crippen LogP contribution < -0.4 is 24.8 Å². The number of carbonyl (C=O) groups excluding carboxylic acids is 1. The van der Waals surface area contributed by atoms with Crippen molar-refractivity contribution in [1.82, 2.24) is 10.6 Å². The van der Waals surface area contributed by atoms with Gasteiger partial charge in [0, 0.05) is 18.7 Å². The van der Waals surface area contributed by atoms with Gasteiger partial charge in [-0.25, -0.2) is 0 Å². The summed E-state index contributed by atoms with van der Waals surface area (Å²) in [5, 5.41) is 17.1. The molecule has 0 saturated carbocycles. The standard InChI is InChI=1S/C21H26N2O5.ClH/c1-26-16-12-18(28-3)17(27-2)11-15(16)20(25)23-21(9-10-22-13-19(21)24)14-7-5-4-6-8-14;/h4-8,11-12,19,22,24H,9-10,13H2,1-3H3,(H,23,25);1H/t19-,21-;/m1./s1. The van der Waals surface area contributed by atoms with Crippen LogP contribution in [0.15, 0.2) is 42.5 Å². The maximum absolute atomic E-state index is 13.3. The minimum atomic E-state index is -0.901. The maximum Gasteiger partial charge on any atom is 0.255 e. The molecule has 29 heavy (non-hydrogen) atoms. The number of rotatable bonds is 6. The predicted molar refractivity (Wildman–Crippen MR) is 112 cm³/mol. The van der Waals surface area contributed by atoms with Gasteiger partial charge in [0.15, 0.2) is 11.5 Å². The van der Waals surface area contributed by atoms with E-state index in [1.165, 1.54) is 21.3 Å². The van der Waals surface area contributed by atoms with Crippen LogP contribution in [0.5, 0.6) is 17.2 Å². The molecular weight excluding hydrogens is 396 g/mol. The van der Waals surface area contributed by atoms with Crippen molar-refractivity contribution in [2.24, 2.45) is 0 Å².